The molecule has 0 unspecified atom stereocenters. The second kappa shape index (κ2) is 4.54. The third-order valence-corrected chi connectivity index (χ3v) is 3.21. The predicted octanol–water partition coefficient (Wildman–Crippen LogP) is 3.40. The molecule has 17 heavy (non-hydrogen) atoms. The SMILES string of the molecule is C1=CC(C[n+]2cccc3ccccc32)=CCC1. The normalized spacial score (nSPS) is 14.9. The molecule has 84 valence electrons. The van der Waals surface area contributed by atoms with Crippen molar-refractivity contribution in [2.75, 3.05) is 0 Å². The Morgan fingerprint density at radius 1 is 1.00 bits per heavy atom. The number of aromatic nitrogens is 1. The highest BCUT2D eigenvalue weighted by molar-refractivity contribution is 5.74. The molecule has 0 fully saturated rings. The molecule has 1 aromatic heterocycles. The minimum absolute atomic E-state index is 0.970. The van der Waals surface area contributed by atoms with Crippen LogP contribution in [0.1, 0.15) is 12.8 Å². The number of rotatable bonds is 2. The molecule has 0 saturated heterocycles. The lowest BCUT2D eigenvalue weighted by Crippen LogP contribution is -2.34. The van der Waals surface area contributed by atoms with Crippen molar-refractivity contribution in [1.29, 1.82) is 0 Å². The summed E-state index contributed by atoms with van der Waals surface area (Å²) >= 11 is 0. The maximum Gasteiger partial charge on any atom is 0.212 e. The monoisotopic (exact) mass is 222 g/mol. The first-order valence-electron chi connectivity index (χ1n) is 6.16. The van der Waals surface area contributed by atoms with Gasteiger partial charge in [0.1, 0.15) is 0 Å². The Hall–Kier alpha value is -1.89. The molecule has 1 aromatic carbocycles. The van der Waals surface area contributed by atoms with E-state index in [4.69, 9.17) is 0 Å². The molecule has 0 spiro atoms. The van der Waals surface area contributed by atoms with Gasteiger partial charge >= 0.3 is 0 Å². The molecule has 1 aliphatic rings. The lowest BCUT2D eigenvalue weighted by Gasteiger charge is -2.05. The predicted molar refractivity (Wildman–Crippen MR) is 70.6 cm³/mol. The first kappa shape index (κ1) is 10.3. The summed E-state index contributed by atoms with van der Waals surface area (Å²) in [5.41, 5.74) is 2.72. The summed E-state index contributed by atoms with van der Waals surface area (Å²) in [5.74, 6) is 0. The van der Waals surface area contributed by atoms with Crippen molar-refractivity contribution in [1.82, 2.24) is 0 Å². The summed E-state index contributed by atoms with van der Waals surface area (Å²) in [7, 11) is 0. The number of hydrogen-bond donors (Lipinski definition) is 0. The van der Waals surface area contributed by atoms with Gasteiger partial charge in [-0.05, 0) is 25.0 Å². The number of pyridine rings is 1. The van der Waals surface area contributed by atoms with Crippen molar-refractivity contribution >= 4 is 10.9 Å². The molecule has 0 N–H and O–H groups in total. The van der Waals surface area contributed by atoms with Crippen LogP contribution in [0.4, 0.5) is 0 Å². The van der Waals surface area contributed by atoms with Crippen LogP contribution < -0.4 is 4.57 Å². The van der Waals surface area contributed by atoms with E-state index in [1.54, 1.807) is 0 Å². The van der Waals surface area contributed by atoms with Crippen LogP contribution in [0.15, 0.2) is 66.4 Å². The van der Waals surface area contributed by atoms with Crippen molar-refractivity contribution in [2.24, 2.45) is 0 Å². The van der Waals surface area contributed by atoms with E-state index >= 15 is 0 Å². The molecule has 0 atom stereocenters. The lowest BCUT2D eigenvalue weighted by molar-refractivity contribution is -0.662. The molecule has 0 aliphatic heterocycles. The van der Waals surface area contributed by atoms with Gasteiger partial charge in [-0.25, -0.2) is 0 Å². The van der Waals surface area contributed by atoms with Gasteiger partial charge < -0.3 is 0 Å². The van der Waals surface area contributed by atoms with Gasteiger partial charge in [0, 0.05) is 23.1 Å². The van der Waals surface area contributed by atoms with E-state index in [1.165, 1.54) is 29.3 Å². The zero-order valence-corrected chi connectivity index (χ0v) is 9.84. The van der Waals surface area contributed by atoms with Gasteiger partial charge in [0.15, 0.2) is 12.7 Å². The maximum atomic E-state index is 2.34. The van der Waals surface area contributed by atoms with Crippen LogP contribution in [0.2, 0.25) is 0 Å². The highest BCUT2D eigenvalue weighted by atomic mass is 14.9. The summed E-state index contributed by atoms with van der Waals surface area (Å²) < 4.78 is 2.32. The average Bonchev–Trinajstić information content (AvgIpc) is 2.40. The van der Waals surface area contributed by atoms with E-state index < -0.39 is 0 Å². The Morgan fingerprint density at radius 3 is 2.76 bits per heavy atom. The average molecular weight is 222 g/mol. The van der Waals surface area contributed by atoms with Crippen LogP contribution in [0.3, 0.4) is 0 Å². The van der Waals surface area contributed by atoms with Crippen LogP contribution in [-0.4, -0.2) is 0 Å². The van der Waals surface area contributed by atoms with Crippen LogP contribution in [0.25, 0.3) is 10.9 Å². The van der Waals surface area contributed by atoms with Gasteiger partial charge in [-0.2, -0.15) is 4.57 Å². The summed E-state index contributed by atoms with van der Waals surface area (Å²) in [4.78, 5) is 0. The fourth-order valence-electron chi connectivity index (χ4n) is 2.34. The Bertz CT molecular complexity index is 588. The fraction of sp³-hybridized carbons (Fsp3) is 0.188. The zero-order valence-electron chi connectivity index (χ0n) is 9.84. The Kier molecular flexibility index (Phi) is 2.74. The van der Waals surface area contributed by atoms with Crippen LogP contribution in [0, 0.1) is 0 Å². The Labute approximate surface area is 102 Å². The zero-order chi connectivity index (χ0) is 11.5. The summed E-state index contributed by atoms with van der Waals surface area (Å²) in [6.45, 7) is 0.970. The minimum Gasteiger partial charge on any atom is -0.194 e. The van der Waals surface area contributed by atoms with Crippen molar-refractivity contribution in [3.8, 4) is 0 Å². The third-order valence-electron chi connectivity index (χ3n) is 3.21. The summed E-state index contributed by atoms with van der Waals surface area (Å²) in [6.07, 6.45) is 11.4. The quantitative estimate of drug-likeness (QED) is 0.686. The largest absolute Gasteiger partial charge is 0.212 e. The minimum atomic E-state index is 0.970. The van der Waals surface area contributed by atoms with Crippen molar-refractivity contribution < 1.29 is 4.57 Å². The smallest absolute Gasteiger partial charge is 0.194 e. The Balaban J connectivity index is 2.00. The first-order chi connectivity index (χ1) is 8.43. The lowest BCUT2D eigenvalue weighted by atomic mass is 10.1. The Morgan fingerprint density at radius 2 is 1.88 bits per heavy atom. The van der Waals surface area contributed by atoms with Gasteiger partial charge in [-0.15, -0.1) is 0 Å². The number of hydrogen-bond acceptors (Lipinski definition) is 0. The first-order valence-corrected chi connectivity index (χ1v) is 6.16. The summed E-state index contributed by atoms with van der Waals surface area (Å²) in [5, 5.41) is 1.30. The van der Waals surface area contributed by atoms with Crippen LogP contribution in [-0.2, 0) is 6.54 Å². The number of allylic oxidation sites excluding steroid dienone is 4. The molecule has 3 rings (SSSR count). The molecule has 1 heterocycles. The van der Waals surface area contributed by atoms with E-state index in [0.29, 0.717) is 0 Å². The van der Waals surface area contributed by atoms with Crippen molar-refractivity contribution in [3.63, 3.8) is 0 Å². The van der Waals surface area contributed by atoms with Gasteiger partial charge in [0.2, 0.25) is 5.52 Å². The van der Waals surface area contributed by atoms with Crippen LogP contribution in [0.5, 0.6) is 0 Å². The molecule has 0 amide bonds. The topological polar surface area (TPSA) is 3.88 Å². The van der Waals surface area contributed by atoms with Gasteiger partial charge in [-0.3, -0.25) is 0 Å². The third kappa shape index (κ3) is 2.14. The molecular formula is C16H16N+. The molecular weight excluding hydrogens is 206 g/mol. The van der Waals surface area contributed by atoms with E-state index in [-0.39, 0.29) is 0 Å². The number of nitrogens with zero attached hydrogens (tertiary/aromatic N) is 1. The second-order valence-electron chi connectivity index (χ2n) is 4.45. The molecule has 0 bridgehead atoms. The standard InChI is InChI=1S/C16H16N/c1-2-7-14(8-3-1)13-17-12-6-10-15-9-4-5-11-16(15)17/h2,4-12H,1,3,13H2/q+1. The van der Waals surface area contributed by atoms with E-state index in [0.717, 1.165) is 6.54 Å². The molecule has 0 saturated carbocycles. The maximum absolute atomic E-state index is 2.34. The van der Waals surface area contributed by atoms with Gasteiger partial charge in [-0.1, -0.05) is 30.4 Å². The highest BCUT2D eigenvalue weighted by Gasteiger charge is 2.09. The van der Waals surface area contributed by atoms with E-state index in [9.17, 15) is 0 Å². The molecule has 2 aromatic rings. The van der Waals surface area contributed by atoms with Crippen molar-refractivity contribution in [3.05, 3.63) is 66.4 Å². The van der Waals surface area contributed by atoms with Gasteiger partial charge in [0.25, 0.3) is 0 Å². The highest BCUT2D eigenvalue weighted by Crippen LogP contribution is 2.12. The number of fused-ring (bicyclic) bond motifs is 1. The van der Waals surface area contributed by atoms with Crippen LogP contribution >= 0.6 is 0 Å². The van der Waals surface area contributed by atoms with E-state index in [1.807, 2.05) is 0 Å². The number of para-hydroxylation sites is 1. The van der Waals surface area contributed by atoms with Gasteiger partial charge in [0.05, 0.1) is 0 Å². The summed E-state index contributed by atoms with van der Waals surface area (Å²) in [6, 6.07) is 12.8. The number of benzene rings is 1. The molecule has 0 radical (unpaired) electrons. The van der Waals surface area contributed by atoms with E-state index in [2.05, 4.69) is 65.4 Å². The van der Waals surface area contributed by atoms with Crippen molar-refractivity contribution in [2.45, 2.75) is 19.4 Å². The second-order valence-corrected chi connectivity index (χ2v) is 4.45. The molecule has 1 nitrogen and oxygen atoms in total. The fourth-order valence-corrected chi connectivity index (χ4v) is 2.34. The molecule has 1 heteroatoms. The molecule has 1 aliphatic carbocycles.